The molecule has 3 nitrogen and oxygen atoms in total. The van der Waals surface area contributed by atoms with Crippen LogP contribution in [0.25, 0.3) is 0 Å². The number of hydrogen-bond donors (Lipinski definition) is 2. The van der Waals surface area contributed by atoms with Crippen molar-refractivity contribution in [2.24, 2.45) is 0 Å². The number of anilines is 2. The quantitative estimate of drug-likeness (QED) is 0.782. The highest BCUT2D eigenvalue weighted by Crippen LogP contribution is 2.28. The van der Waals surface area contributed by atoms with Gasteiger partial charge in [-0.1, -0.05) is 6.92 Å². The zero-order valence-electron chi connectivity index (χ0n) is 8.23. The fraction of sp³-hybridized carbons (Fsp3) is 0.500. The molecule has 14 heavy (non-hydrogen) atoms. The maximum atomic E-state index is 5.61. The van der Waals surface area contributed by atoms with Crippen LogP contribution in [0.15, 0.2) is 18.3 Å². The largest absolute Gasteiger partial charge is 0.384 e. The Kier molecular flexibility index (Phi) is 2.82. The Hall–Kier alpha value is -0.900. The SMILES string of the molecule is CC1SCCC1Nc1ccnc(N)c1. The van der Waals surface area contributed by atoms with Crippen LogP contribution in [-0.2, 0) is 0 Å². The number of nitrogen functional groups attached to an aromatic ring is 1. The van der Waals surface area contributed by atoms with Crippen molar-refractivity contribution in [2.75, 3.05) is 16.8 Å². The summed E-state index contributed by atoms with van der Waals surface area (Å²) in [7, 11) is 0. The van der Waals surface area contributed by atoms with Crippen LogP contribution in [-0.4, -0.2) is 22.0 Å². The van der Waals surface area contributed by atoms with E-state index in [1.54, 1.807) is 6.20 Å². The number of nitrogens with one attached hydrogen (secondary N) is 1. The number of aromatic nitrogens is 1. The van der Waals surface area contributed by atoms with Gasteiger partial charge in [-0.15, -0.1) is 0 Å². The molecule has 2 rings (SSSR count). The topological polar surface area (TPSA) is 50.9 Å². The van der Waals surface area contributed by atoms with Gasteiger partial charge in [-0.05, 0) is 18.2 Å². The first kappa shape index (κ1) is 9.65. The smallest absolute Gasteiger partial charge is 0.125 e. The number of rotatable bonds is 2. The number of nitrogens with zero attached hydrogens (tertiary/aromatic N) is 1. The second kappa shape index (κ2) is 4.09. The average Bonchev–Trinajstić information content (AvgIpc) is 2.52. The van der Waals surface area contributed by atoms with Crippen molar-refractivity contribution in [2.45, 2.75) is 24.6 Å². The fourth-order valence-electron chi connectivity index (χ4n) is 1.67. The van der Waals surface area contributed by atoms with E-state index in [-0.39, 0.29) is 0 Å². The average molecular weight is 209 g/mol. The van der Waals surface area contributed by atoms with Crippen LogP contribution < -0.4 is 11.1 Å². The highest BCUT2D eigenvalue weighted by Gasteiger charge is 2.23. The molecule has 1 aliphatic heterocycles. The van der Waals surface area contributed by atoms with Gasteiger partial charge in [0.15, 0.2) is 0 Å². The molecule has 1 aliphatic rings. The van der Waals surface area contributed by atoms with Gasteiger partial charge in [-0.3, -0.25) is 0 Å². The summed E-state index contributed by atoms with van der Waals surface area (Å²) in [5.74, 6) is 1.83. The van der Waals surface area contributed by atoms with E-state index in [0.717, 1.165) is 5.69 Å². The fourth-order valence-corrected chi connectivity index (χ4v) is 2.87. The molecule has 0 amide bonds. The van der Waals surface area contributed by atoms with Crippen LogP contribution in [0.3, 0.4) is 0 Å². The van der Waals surface area contributed by atoms with Gasteiger partial charge in [0.2, 0.25) is 0 Å². The number of pyridine rings is 1. The normalized spacial score (nSPS) is 26.4. The van der Waals surface area contributed by atoms with Crippen LogP contribution in [0, 0.1) is 0 Å². The van der Waals surface area contributed by atoms with Gasteiger partial charge in [0.1, 0.15) is 5.82 Å². The first-order valence-corrected chi connectivity index (χ1v) is 5.90. The summed E-state index contributed by atoms with van der Waals surface area (Å²) in [4.78, 5) is 3.97. The van der Waals surface area contributed by atoms with E-state index in [1.165, 1.54) is 12.2 Å². The highest BCUT2D eigenvalue weighted by atomic mass is 32.2. The summed E-state index contributed by atoms with van der Waals surface area (Å²) < 4.78 is 0. The molecule has 2 atom stereocenters. The van der Waals surface area contributed by atoms with E-state index < -0.39 is 0 Å². The number of hydrogen-bond acceptors (Lipinski definition) is 4. The van der Waals surface area contributed by atoms with Gasteiger partial charge < -0.3 is 11.1 Å². The molecule has 1 fully saturated rings. The van der Waals surface area contributed by atoms with E-state index in [0.29, 0.717) is 17.1 Å². The van der Waals surface area contributed by atoms with Gasteiger partial charge >= 0.3 is 0 Å². The monoisotopic (exact) mass is 209 g/mol. The molecule has 4 heteroatoms. The highest BCUT2D eigenvalue weighted by molar-refractivity contribution is 8.00. The third-order valence-corrected chi connectivity index (χ3v) is 3.84. The van der Waals surface area contributed by atoms with E-state index >= 15 is 0 Å². The van der Waals surface area contributed by atoms with E-state index in [1.807, 2.05) is 23.9 Å². The molecular weight excluding hydrogens is 194 g/mol. The van der Waals surface area contributed by atoms with Crippen LogP contribution in [0.5, 0.6) is 0 Å². The molecule has 0 radical (unpaired) electrons. The lowest BCUT2D eigenvalue weighted by Gasteiger charge is -2.17. The van der Waals surface area contributed by atoms with E-state index in [9.17, 15) is 0 Å². The maximum Gasteiger partial charge on any atom is 0.125 e. The standard InChI is InChI=1S/C10H15N3S/c1-7-9(3-5-14-7)13-8-2-4-12-10(11)6-8/h2,4,6-7,9H,3,5H2,1H3,(H3,11,12,13). The molecule has 1 saturated heterocycles. The summed E-state index contributed by atoms with van der Waals surface area (Å²) in [6.07, 6.45) is 2.97. The summed E-state index contributed by atoms with van der Waals surface area (Å²) >= 11 is 2.02. The molecule has 3 N–H and O–H groups in total. The Balaban J connectivity index is 2.03. The Labute approximate surface area is 88.5 Å². The van der Waals surface area contributed by atoms with E-state index in [4.69, 9.17) is 5.73 Å². The molecular formula is C10H15N3S. The van der Waals surface area contributed by atoms with Crippen LogP contribution in [0.1, 0.15) is 13.3 Å². The second-order valence-corrected chi connectivity index (χ2v) is 5.07. The van der Waals surface area contributed by atoms with Crippen molar-refractivity contribution in [3.05, 3.63) is 18.3 Å². The Morgan fingerprint density at radius 2 is 2.50 bits per heavy atom. The predicted octanol–water partition coefficient (Wildman–Crippen LogP) is 1.97. The molecule has 0 spiro atoms. The van der Waals surface area contributed by atoms with Crippen molar-refractivity contribution in [3.8, 4) is 0 Å². The minimum absolute atomic E-state index is 0.571. The lowest BCUT2D eigenvalue weighted by Crippen LogP contribution is -2.24. The van der Waals surface area contributed by atoms with Crippen LogP contribution in [0.4, 0.5) is 11.5 Å². The summed E-state index contributed by atoms with van der Waals surface area (Å²) in [6.45, 7) is 2.26. The first-order valence-electron chi connectivity index (χ1n) is 4.85. The Morgan fingerprint density at radius 3 is 3.14 bits per heavy atom. The Bertz CT molecular complexity index is 316. The van der Waals surface area contributed by atoms with Gasteiger partial charge in [0, 0.05) is 29.2 Å². The van der Waals surface area contributed by atoms with Crippen LogP contribution >= 0.6 is 11.8 Å². The molecule has 2 unspecified atom stereocenters. The lowest BCUT2D eigenvalue weighted by molar-refractivity contribution is 0.724. The van der Waals surface area contributed by atoms with Gasteiger partial charge in [0.25, 0.3) is 0 Å². The van der Waals surface area contributed by atoms with Gasteiger partial charge in [-0.25, -0.2) is 4.98 Å². The van der Waals surface area contributed by atoms with Gasteiger partial charge in [0.05, 0.1) is 0 Å². The zero-order valence-corrected chi connectivity index (χ0v) is 9.05. The molecule has 1 aromatic rings. The summed E-state index contributed by atoms with van der Waals surface area (Å²) in [5, 5.41) is 4.18. The second-order valence-electron chi connectivity index (χ2n) is 3.58. The Morgan fingerprint density at radius 1 is 1.64 bits per heavy atom. The van der Waals surface area contributed by atoms with Crippen molar-refractivity contribution in [1.82, 2.24) is 4.98 Å². The molecule has 1 aromatic heterocycles. The van der Waals surface area contributed by atoms with Gasteiger partial charge in [-0.2, -0.15) is 11.8 Å². The molecule has 0 bridgehead atoms. The van der Waals surface area contributed by atoms with Crippen molar-refractivity contribution >= 4 is 23.3 Å². The first-order chi connectivity index (χ1) is 6.75. The zero-order chi connectivity index (χ0) is 9.97. The lowest BCUT2D eigenvalue weighted by atomic mass is 10.1. The number of nitrogens with two attached hydrogens (primary N) is 1. The molecule has 0 saturated carbocycles. The van der Waals surface area contributed by atoms with E-state index in [2.05, 4.69) is 17.2 Å². The third-order valence-electron chi connectivity index (χ3n) is 2.51. The molecule has 2 heterocycles. The molecule has 0 aliphatic carbocycles. The van der Waals surface area contributed by atoms with Crippen LogP contribution in [0.2, 0.25) is 0 Å². The molecule has 0 aromatic carbocycles. The summed E-state index contributed by atoms with van der Waals surface area (Å²) in [5.41, 5.74) is 6.69. The third kappa shape index (κ3) is 2.12. The molecule has 76 valence electrons. The minimum Gasteiger partial charge on any atom is -0.384 e. The van der Waals surface area contributed by atoms with Crippen molar-refractivity contribution < 1.29 is 0 Å². The maximum absolute atomic E-state index is 5.61. The summed E-state index contributed by atoms with van der Waals surface area (Å²) in [6, 6.07) is 4.42. The number of thioether (sulfide) groups is 1. The van der Waals surface area contributed by atoms with Crippen molar-refractivity contribution in [3.63, 3.8) is 0 Å². The van der Waals surface area contributed by atoms with Crippen molar-refractivity contribution in [1.29, 1.82) is 0 Å². The predicted molar refractivity (Wildman–Crippen MR) is 62.6 cm³/mol. The minimum atomic E-state index is 0.571.